The van der Waals surface area contributed by atoms with E-state index < -0.39 is 11.7 Å². The number of pyridine rings is 1. The fraction of sp³-hybridized carbons (Fsp3) is 0.250. The summed E-state index contributed by atoms with van der Waals surface area (Å²) in [7, 11) is 1.47. The van der Waals surface area contributed by atoms with Crippen LogP contribution in [0.3, 0.4) is 0 Å². The van der Waals surface area contributed by atoms with Crippen molar-refractivity contribution in [1.29, 1.82) is 0 Å². The van der Waals surface area contributed by atoms with E-state index in [4.69, 9.17) is 4.74 Å². The number of rotatable bonds is 2. The molecule has 2 heterocycles. The number of aryl methyl sites for hydroxylation is 1. The van der Waals surface area contributed by atoms with Gasteiger partial charge in [-0.3, -0.25) is 4.99 Å². The fourth-order valence-corrected chi connectivity index (χ4v) is 2.49. The molecular weight excluding hydrogens is 293 g/mol. The number of halogens is 3. The van der Waals surface area contributed by atoms with E-state index in [0.717, 1.165) is 12.1 Å². The first-order chi connectivity index (χ1) is 10.4. The summed E-state index contributed by atoms with van der Waals surface area (Å²) >= 11 is 0. The summed E-state index contributed by atoms with van der Waals surface area (Å²) in [6, 6.07) is 5.72. The van der Waals surface area contributed by atoms with E-state index in [1.807, 2.05) is 0 Å². The number of alkyl halides is 3. The molecule has 1 aliphatic rings. The zero-order valence-electron chi connectivity index (χ0n) is 12.0. The van der Waals surface area contributed by atoms with Gasteiger partial charge >= 0.3 is 6.18 Å². The van der Waals surface area contributed by atoms with E-state index in [1.165, 1.54) is 7.11 Å². The molecular formula is C16H13F3N2O. The van der Waals surface area contributed by atoms with Gasteiger partial charge in [-0.1, -0.05) is 0 Å². The highest BCUT2D eigenvalue weighted by Gasteiger charge is 2.33. The maximum atomic E-state index is 13.1. The van der Waals surface area contributed by atoms with E-state index >= 15 is 0 Å². The number of methoxy groups -OCH3 is 1. The van der Waals surface area contributed by atoms with Crippen LogP contribution in [0.2, 0.25) is 0 Å². The molecule has 114 valence electrons. The molecule has 0 saturated heterocycles. The zero-order valence-corrected chi connectivity index (χ0v) is 12.0. The van der Waals surface area contributed by atoms with Crippen LogP contribution in [-0.2, 0) is 12.7 Å². The van der Waals surface area contributed by atoms with Gasteiger partial charge in [-0.05, 0) is 36.8 Å². The Hall–Kier alpha value is -2.37. The van der Waals surface area contributed by atoms with Crippen LogP contribution < -0.4 is 4.74 Å². The topological polar surface area (TPSA) is 34.5 Å². The summed E-state index contributed by atoms with van der Waals surface area (Å²) in [6.07, 6.45) is -2.82. The maximum absolute atomic E-state index is 13.1. The first kappa shape index (κ1) is 14.6. The van der Waals surface area contributed by atoms with Crippen molar-refractivity contribution in [3.63, 3.8) is 0 Å². The van der Waals surface area contributed by atoms with Crippen LogP contribution in [-0.4, -0.2) is 18.3 Å². The molecule has 1 aromatic heterocycles. The average Bonchev–Trinajstić information content (AvgIpc) is 2.93. The number of nitrogens with zero attached hydrogens (tertiary/aromatic N) is 2. The van der Waals surface area contributed by atoms with E-state index in [1.54, 1.807) is 25.3 Å². The number of ether oxygens (including phenoxy) is 1. The predicted octanol–water partition coefficient (Wildman–Crippen LogP) is 4.02. The van der Waals surface area contributed by atoms with Gasteiger partial charge in [0.15, 0.2) is 0 Å². The largest absolute Gasteiger partial charge is 0.494 e. The fourth-order valence-electron chi connectivity index (χ4n) is 2.49. The number of aliphatic imine (C=N–C) groups is 1. The Balaban J connectivity index is 2.29. The molecule has 3 nitrogen and oxygen atoms in total. The molecule has 0 aliphatic carbocycles. The molecule has 0 radical (unpaired) electrons. The minimum atomic E-state index is -4.41. The standard InChI is InChI=1S/C16H13F3N2O/c1-9-3-4-14(22-2)15(21-9)12-6-11(16(17,18)19)5-10-7-20-8-13(10)12/h3-6,8H,7H2,1-2H3. The van der Waals surface area contributed by atoms with E-state index in [-0.39, 0.29) is 6.54 Å². The molecule has 0 atom stereocenters. The predicted molar refractivity (Wildman–Crippen MR) is 77.3 cm³/mol. The summed E-state index contributed by atoms with van der Waals surface area (Å²) in [4.78, 5) is 8.44. The average molecular weight is 306 g/mol. The van der Waals surface area contributed by atoms with Crippen LogP contribution in [0.15, 0.2) is 29.3 Å². The van der Waals surface area contributed by atoms with Gasteiger partial charge in [-0.25, -0.2) is 4.98 Å². The summed E-state index contributed by atoms with van der Waals surface area (Å²) in [5.74, 6) is 0.437. The Bertz CT molecular complexity index is 767. The first-order valence-electron chi connectivity index (χ1n) is 6.66. The molecule has 0 bridgehead atoms. The monoisotopic (exact) mass is 306 g/mol. The molecule has 0 N–H and O–H groups in total. The number of hydrogen-bond donors (Lipinski definition) is 0. The van der Waals surface area contributed by atoms with Crippen molar-refractivity contribution < 1.29 is 17.9 Å². The van der Waals surface area contributed by atoms with Gasteiger partial charge in [0, 0.05) is 23.0 Å². The SMILES string of the molecule is COc1ccc(C)nc1-c1cc(C(F)(F)F)cc2c1C=NC2. The van der Waals surface area contributed by atoms with E-state index in [9.17, 15) is 13.2 Å². The Morgan fingerprint density at radius 1 is 1.18 bits per heavy atom. The third-order valence-electron chi connectivity index (χ3n) is 3.55. The van der Waals surface area contributed by atoms with Crippen LogP contribution in [0.1, 0.15) is 22.4 Å². The van der Waals surface area contributed by atoms with Crippen LogP contribution in [0.5, 0.6) is 5.75 Å². The summed E-state index contributed by atoms with van der Waals surface area (Å²) in [5, 5.41) is 0. The third kappa shape index (κ3) is 2.45. The minimum absolute atomic E-state index is 0.250. The van der Waals surface area contributed by atoms with Crippen molar-refractivity contribution in [3.8, 4) is 17.0 Å². The van der Waals surface area contributed by atoms with Crippen molar-refractivity contribution in [2.45, 2.75) is 19.6 Å². The Morgan fingerprint density at radius 3 is 2.64 bits per heavy atom. The molecule has 0 spiro atoms. The summed E-state index contributed by atoms with van der Waals surface area (Å²) < 4.78 is 44.6. The van der Waals surface area contributed by atoms with Crippen molar-refractivity contribution >= 4 is 6.21 Å². The highest BCUT2D eigenvalue weighted by Crippen LogP contribution is 2.39. The lowest BCUT2D eigenvalue weighted by Crippen LogP contribution is -2.08. The van der Waals surface area contributed by atoms with Gasteiger partial charge in [0.25, 0.3) is 0 Å². The molecule has 1 aromatic carbocycles. The number of hydrogen-bond acceptors (Lipinski definition) is 3. The summed E-state index contributed by atoms with van der Waals surface area (Å²) in [5.41, 5.74) is 2.03. The lowest BCUT2D eigenvalue weighted by Gasteiger charge is -2.15. The Morgan fingerprint density at radius 2 is 1.95 bits per heavy atom. The van der Waals surface area contributed by atoms with E-state index in [0.29, 0.717) is 33.8 Å². The van der Waals surface area contributed by atoms with Crippen LogP contribution >= 0.6 is 0 Å². The second-order valence-corrected chi connectivity index (χ2v) is 5.07. The second kappa shape index (κ2) is 5.12. The zero-order chi connectivity index (χ0) is 15.9. The Labute approximate surface area is 125 Å². The van der Waals surface area contributed by atoms with Crippen molar-refractivity contribution in [1.82, 2.24) is 4.98 Å². The van der Waals surface area contributed by atoms with Crippen molar-refractivity contribution in [2.24, 2.45) is 4.99 Å². The van der Waals surface area contributed by atoms with Gasteiger partial charge in [0.2, 0.25) is 0 Å². The van der Waals surface area contributed by atoms with Gasteiger partial charge in [-0.15, -0.1) is 0 Å². The lowest BCUT2D eigenvalue weighted by molar-refractivity contribution is -0.137. The lowest BCUT2D eigenvalue weighted by atomic mass is 9.96. The molecule has 0 unspecified atom stereocenters. The van der Waals surface area contributed by atoms with Crippen LogP contribution in [0, 0.1) is 6.92 Å². The quantitative estimate of drug-likeness (QED) is 0.840. The number of fused-ring (bicyclic) bond motifs is 1. The maximum Gasteiger partial charge on any atom is 0.416 e. The molecule has 0 amide bonds. The van der Waals surface area contributed by atoms with Gasteiger partial charge in [-0.2, -0.15) is 13.2 Å². The Kier molecular flexibility index (Phi) is 3.39. The van der Waals surface area contributed by atoms with Crippen LogP contribution in [0.4, 0.5) is 13.2 Å². The molecule has 0 saturated carbocycles. The number of aromatic nitrogens is 1. The van der Waals surface area contributed by atoms with E-state index in [2.05, 4.69) is 9.98 Å². The van der Waals surface area contributed by atoms with Crippen LogP contribution in [0.25, 0.3) is 11.3 Å². The minimum Gasteiger partial charge on any atom is -0.494 e. The molecule has 2 aromatic rings. The highest BCUT2D eigenvalue weighted by atomic mass is 19.4. The van der Waals surface area contributed by atoms with Crippen molar-refractivity contribution in [3.05, 3.63) is 46.6 Å². The molecule has 22 heavy (non-hydrogen) atoms. The second-order valence-electron chi connectivity index (χ2n) is 5.07. The third-order valence-corrected chi connectivity index (χ3v) is 3.55. The van der Waals surface area contributed by atoms with Gasteiger partial charge in [0.1, 0.15) is 11.4 Å². The molecule has 3 rings (SSSR count). The van der Waals surface area contributed by atoms with Crippen molar-refractivity contribution in [2.75, 3.05) is 7.11 Å². The van der Waals surface area contributed by atoms with Gasteiger partial charge < -0.3 is 4.74 Å². The highest BCUT2D eigenvalue weighted by molar-refractivity contribution is 5.94. The summed E-state index contributed by atoms with van der Waals surface area (Å²) in [6.45, 7) is 2.03. The first-order valence-corrected chi connectivity index (χ1v) is 6.66. The smallest absolute Gasteiger partial charge is 0.416 e. The van der Waals surface area contributed by atoms with Gasteiger partial charge in [0.05, 0.1) is 19.2 Å². The normalized spacial score (nSPS) is 13.3. The number of benzene rings is 1. The molecule has 6 heteroatoms. The molecule has 0 fully saturated rings. The molecule has 1 aliphatic heterocycles.